The van der Waals surface area contributed by atoms with Crippen LogP contribution in [-0.2, 0) is 4.74 Å². The highest BCUT2D eigenvalue weighted by molar-refractivity contribution is 7.14. The van der Waals surface area contributed by atoms with Crippen LogP contribution >= 0.6 is 11.3 Å². The van der Waals surface area contributed by atoms with E-state index in [0.717, 1.165) is 4.88 Å². The molecule has 0 unspecified atom stereocenters. The summed E-state index contributed by atoms with van der Waals surface area (Å²) < 4.78 is 9.88. The van der Waals surface area contributed by atoms with E-state index in [2.05, 4.69) is 0 Å². The second-order valence-electron chi connectivity index (χ2n) is 4.59. The Labute approximate surface area is 125 Å². The Kier molecular flexibility index (Phi) is 4.37. The van der Waals surface area contributed by atoms with Gasteiger partial charge in [0, 0.05) is 10.9 Å². The minimum atomic E-state index is -0.671. The molecule has 110 valence electrons. The SMILES string of the molecule is Cc1ccc(C(=O)COC(=O)c2c(C)cc(=O)oc2C)s1. The summed E-state index contributed by atoms with van der Waals surface area (Å²) in [4.78, 5) is 36.6. The largest absolute Gasteiger partial charge is 0.454 e. The number of Topliss-reactive ketones (excluding diaryl/α,β-unsaturated/α-hetero) is 1. The van der Waals surface area contributed by atoms with Gasteiger partial charge in [-0.25, -0.2) is 9.59 Å². The monoisotopic (exact) mass is 306 g/mol. The Hall–Kier alpha value is -2.21. The van der Waals surface area contributed by atoms with Crippen LogP contribution in [0.15, 0.2) is 27.4 Å². The van der Waals surface area contributed by atoms with E-state index in [1.165, 1.54) is 24.3 Å². The summed E-state index contributed by atoms with van der Waals surface area (Å²) in [6.45, 7) is 4.68. The molecular formula is C15H14O5S. The Morgan fingerprint density at radius 2 is 1.95 bits per heavy atom. The number of ether oxygens (including phenoxy) is 1. The molecular weight excluding hydrogens is 292 g/mol. The topological polar surface area (TPSA) is 73.6 Å². The summed E-state index contributed by atoms with van der Waals surface area (Å²) in [6.07, 6.45) is 0. The lowest BCUT2D eigenvalue weighted by atomic mass is 10.1. The maximum Gasteiger partial charge on any atom is 0.342 e. The molecule has 0 aliphatic carbocycles. The van der Waals surface area contributed by atoms with E-state index in [1.54, 1.807) is 13.0 Å². The normalized spacial score (nSPS) is 10.4. The molecule has 0 amide bonds. The molecule has 0 saturated heterocycles. The third kappa shape index (κ3) is 3.46. The average Bonchev–Trinajstić information content (AvgIpc) is 2.81. The first kappa shape index (κ1) is 15.2. The Morgan fingerprint density at radius 1 is 1.24 bits per heavy atom. The van der Waals surface area contributed by atoms with Crippen molar-refractivity contribution in [3.8, 4) is 0 Å². The molecule has 2 aromatic heterocycles. The van der Waals surface area contributed by atoms with Gasteiger partial charge in [-0.15, -0.1) is 11.3 Å². The van der Waals surface area contributed by atoms with Crippen LogP contribution in [0.2, 0.25) is 0 Å². The minimum absolute atomic E-state index is 0.185. The van der Waals surface area contributed by atoms with Gasteiger partial charge in [-0.05, 0) is 38.5 Å². The second kappa shape index (κ2) is 6.05. The van der Waals surface area contributed by atoms with Gasteiger partial charge in [0.25, 0.3) is 0 Å². The molecule has 0 aliphatic rings. The van der Waals surface area contributed by atoms with Gasteiger partial charge in [-0.1, -0.05) is 0 Å². The smallest absolute Gasteiger partial charge is 0.342 e. The summed E-state index contributed by atoms with van der Waals surface area (Å²) in [6, 6.07) is 4.75. The van der Waals surface area contributed by atoms with E-state index in [-0.39, 0.29) is 23.7 Å². The van der Waals surface area contributed by atoms with Gasteiger partial charge in [0.2, 0.25) is 5.78 Å². The summed E-state index contributed by atoms with van der Waals surface area (Å²) in [7, 11) is 0. The number of carbonyl (C=O) groups is 2. The highest BCUT2D eigenvalue weighted by atomic mass is 32.1. The first-order chi connectivity index (χ1) is 9.88. The average molecular weight is 306 g/mol. The molecule has 0 radical (unpaired) electrons. The number of thiophene rings is 1. The number of hydrogen-bond acceptors (Lipinski definition) is 6. The van der Waals surface area contributed by atoms with E-state index >= 15 is 0 Å². The number of carbonyl (C=O) groups excluding carboxylic acids is 2. The molecule has 0 aromatic carbocycles. The fourth-order valence-corrected chi connectivity index (χ4v) is 2.71. The third-order valence-electron chi connectivity index (χ3n) is 2.89. The molecule has 0 aliphatic heterocycles. The Bertz CT molecular complexity index is 727. The minimum Gasteiger partial charge on any atom is -0.454 e. The highest BCUT2D eigenvalue weighted by Gasteiger charge is 2.18. The van der Waals surface area contributed by atoms with Crippen LogP contribution in [0.5, 0.6) is 0 Å². The fraction of sp³-hybridized carbons (Fsp3) is 0.267. The van der Waals surface area contributed by atoms with Gasteiger partial charge in [-0.2, -0.15) is 0 Å². The van der Waals surface area contributed by atoms with E-state index in [1.807, 2.05) is 13.0 Å². The van der Waals surface area contributed by atoms with Crippen LogP contribution < -0.4 is 5.63 Å². The zero-order chi connectivity index (χ0) is 15.6. The van der Waals surface area contributed by atoms with E-state index in [0.29, 0.717) is 10.4 Å². The van der Waals surface area contributed by atoms with Crippen molar-refractivity contribution in [2.45, 2.75) is 20.8 Å². The summed E-state index contributed by atoms with van der Waals surface area (Å²) in [5.74, 6) is -0.742. The quantitative estimate of drug-likeness (QED) is 0.641. The lowest BCUT2D eigenvalue weighted by molar-refractivity contribution is 0.0471. The molecule has 6 heteroatoms. The van der Waals surface area contributed by atoms with Crippen molar-refractivity contribution in [3.05, 3.63) is 55.3 Å². The molecule has 0 saturated carbocycles. The van der Waals surface area contributed by atoms with Crippen LogP contribution in [0.4, 0.5) is 0 Å². The van der Waals surface area contributed by atoms with Crippen molar-refractivity contribution in [1.29, 1.82) is 0 Å². The van der Waals surface area contributed by atoms with Gasteiger partial charge in [0.1, 0.15) is 11.3 Å². The first-order valence-electron chi connectivity index (χ1n) is 6.26. The number of ketones is 1. The van der Waals surface area contributed by atoms with Gasteiger partial charge >= 0.3 is 11.6 Å². The predicted octanol–water partition coefficient (Wildman–Crippen LogP) is 2.67. The van der Waals surface area contributed by atoms with Crippen molar-refractivity contribution < 1.29 is 18.7 Å². The molecule has 2 aromatic rings. The van der Waals surface area contributed by atoms with E-state index in [4.69, 9.17) is 9.15 Å². The van der Waals surface area contributed by atoms with Crippen LogP contribution in [-0.4, -0.2) is 18.4 Å². The van der Waals surface area contributed by atoms with Crippen molar-refractivity contribution in [2.24, 2.45) is 0 Å². The fourth-order valence-electron chi connectivity index (χ4n) is 1.92. The summed E-state index contributed by atoms with van der Waals surface area (Å²) >= 11 is 1.35. The second-order valence-corrected chi connectivity index (χ2v) is 5.88. The van der Waals surface area contributed by atoms with Crippen LogP contribution in [0.1, 0.15) is 36.2 Å². The maximum atomic E-state index is 12.0. The Morgan fingerprint density at radius 3 is 2.52 bits per heavy atom. The lowest BCUT2D eigenvalue weighted by Crippen LogP contribution is -2.17. The molecule has 0 spiro atoms. The zero-order valence-electron chi connectivity index (χ0n) is 11.9. The van der Waals surface area contributed by atoms with E-state index < -0.39 is 11.6 Å². The van der Waals surface area contributed by atoms with Crippen molar-refractivity contribution in [3.63, 3.8) is 0 Å². The van der Waals surface area contributed by atoms with Gasteiger partial charge < -0.3 is 9.15 Å². The molecule has 0 atom stereocenters. The van der Waals surface area contributed by atoms with Crippen molar-refractivity contribution in [2.75, 3.05) is 6.61 Å². The number of hydrogen-bond donors (Lipinski definition) is 0. The van der Waals surface area contributed by atoms with Gasteiger partial charge in [0.15, 0.2) is 6.61 Å². The lowest BCUT2D eigenvalue weighted by Gasteiger charge is -2.07. The molecule has 2 heterocycles. The molecule has 21 heavy (non-hydrogen) atoms. The van der Waals surface area contributed by atoms with Crippen LogP contribution in [0.3, 0.4) is 0 Å². The molecule has 5 nitrogen and oxygen atoms in total. The predicted molar refractivity (Wildman–Crippen MR) is 78.1 cm³/mol. The standard InChI is InChI=1S/C15H14O5S/c1-8-6-13(17)20-10(3)14(8)15(18)19-7-11(16)12-5-4-9(2)21-12/h4-6H,7H2,1-3H3. The zero-order valence-corrected chi connectivity index (χ0v) is 12.7. The number of esters is 1. The Balaban J connectivity index is 2.09. The van der Waals surface area contributed by atoms with E-state index in [9.17, 15) is 14.4 Å². The number of rotatable bonds is 4. The van der Waals surface area contributed by atoms with Crippen molar-refractivity contribution in [1.82, 2.24) is 0 Å². The molecule has 2 rings (SSSR count). The highest BCUT2D eigenvalue weighted by Crippen LogP contribution is 2.17. The van der Waals surface area contributed by atoms with Crippen molar-refractivity contribution >= 4 is 23.1 Å². The third-order valence-corrected chi connectivity index (χ3v) is 3.93. The summed E-state index contributed by atoms with van der Waals surface area (Å²) in [5.41, 5.74) is 0.129. The van der Waals surface area contributed by atoms with Crippen LogP contribution in [0.25, 0.3) is 0 Å². The maximum absolute atomic E-state index is 12.0. The number of aryl methyl sites for hydroxylation is 3. The molecule has 0 fully saturated rings. The van der Waals surface area contributed by atoms with Crippen LogP contribution in [0, 0.1) is 20.8 Å². The molecule has 0 N–H and O–H groups in total. The summed E-state index contributed by atoms with van der Waals surface area (Å²) in [5, 5.41) is 0. The first-order valence-corrected chi connectivity index (χ1v) is 7.08. The van der Waals surface area contributed by atoms with Gasteiger partial charge in [-0.3, -0.25) is 4.79 Å². The molecule has 0 bridgehead atoms. The van der Waals surface area contributed by atoms with Gasteiger partial charge in [0.05, 0.1) is 4.88 Å².